The average Bonchev–Trinajstić information content (AvgIpc) is 3.19. The lowest BCUT2D eigenvalue weighted by Crippen LogP contribution is -2.31. The molecular weight excluding hydrogens is 471 g/mol. The average molecular weight is 500 g/mol. The van der Waals surface area contributed by atoms with Crippen molar-refractivity contribution >= 4 is 17.2 Å². The van der Waals surface area contributed by atoms with E-state index in [9.17, 15) is 23.1 Å². The molecule has 10 heteroatoms. The number of hydrogen-bond donors (Lipinski definition) is 2. The van der Waals surface area contributed by atoms with E-state index < -0.39 is 23.2 Å². The van der Waals surface area contributed by atoms with Gasteiger partial charge >= 0.3 is 6.18 Å². The number of aliphatic hydroxyl groups is 1. The van der Waals surface area contributed by atoms with Crippen LogP contribution in [0, 0.1) is 19.8 Å². The van der Waals surface area contributed by atoms with Gasteiger partial charge in [0.2, 0.25) is 0 Å². The Bertz CT molecular complexity index is 1300. The zero-order valence-corrected chi connectivity index (χ0v) is 20.5. The smallest absolute Gasteiger partial charge is 0.390 e. The van der Waals surface area contributed by atoms with Crippen LogP contribution in [0.3, 0.4) is 0 Å². The van der Waals surface area contributed by atoms with Crippen LogP contribution >= 0.6 is 0 Å². The summed E-state index contributed by atoms with van der Waals surface area (Å²) in [4.78, 5) is 21.3. The van der Waals surface area contributed by atoms with Gasteiger partial charge in [-0.3, -0.25) is 9.78 Å². The maximum Gasteiger partial charge on any atom is 0.417 e. The molecule has 0 aliphatic heterocycles. The molecule has 0 saturated heterocycles. The van der Waals surface area contributed by atoms with Crippen molar-refractivity contribution in [2.75, 3.05) is 5.32 Å². The molecule has 1 unspecified atom stereocenters. The predicted molar refractivity (Wildman–Crippen MR) is 130 cm³/mol. The molecule has 0 fully saturated rings. The van der Waals surface area contributed by atoms with Crippen molar-refractivity contribution in [1.29, 1.82) is 0 Å². The van der Waals surface area contributed by atoms with Gasteiger partial charge in [0.05, 0.1) is 46.2 Å². The molecule has 1 atom stereocenters. The van der Waals surface area contributed by atoms with Crippen LogP contribution in [0.1, 0.15) is 66.0 Å². The molecule has 3 aromatic rings. The lowest BCUT2D eigenvalue weighted by molar-refractivity contribution is -0.137. The van der Waals surface area contributed by atoms with E-state index in [0.717, 1.165) is 48.4 Å². The van der Waals surface area contributed by atoms with E-state index in [4.69, 9.17) is 0 Å². The molecule has 36 heavy (non-hydrogen) atoms. The summed E-state index contributed by atoms with van der Waals surface area (Å²) in [6.45, 7) is 7.25. The number of anilines is 1. The second-order valence-electron chi connectivity index (χ2n) is 9.66. The molecule has 190 valence electrons. The highest BCUT2D eigenvalue weighted by molar-refractivity contribution is 6.05. The Kier molecular flexibility index (Phi) is 6.74. The molecule has 4 rings (SSSR count). The van der Waals surface area contributed by atoms with Gasteiger partial charge in [-0.1, -0.05) is 6.08 Å². The largest absolute Gasteiger partial charge is 0.417 e. The third-order valence-corrected chi connectivity index (χ3v) is 6.60. The summed E-state index contributed by atoms with van der Waals surface area (Å²) in [5.74, 6) is -0.0273. The van der Waals surface area contributed by atoms with Crippen LogP contribution in [-0.4, -0.2) is 36.4 Å². The fourth-order valence-corrected chi connectivity index (χ4v) is 4.41. The summed E-state index contributed by atoms with van der Waals surface area (Å²) < 4.78 is 39.7. The molecule has 0 spiro atoms. The Morgan fingerprint density at radius 2 is 1.89 bits per heavy atom. The first-order valence-electron chi connectivity index (χ1n) is 11.6. The number of nitrogens with one attached hydrogen (secondary N) is 1. The van der Waals surface area contributed by atoms with E-state index in [1.54, 1.807) is 13.1 Å². The Labute approximate surface area is 207 Å². The predicted octanol–water partition coefficient (Wildman–Crippen LogP) is 5.50. The molecule has 0 bridgehead atoms. The van der Waals surface area contributed by atoms with Gasteiger partial charge in [-0.25, -0.2) is 9.67 Å². The van der Waals surface area contributed by atoms with Gasteiger partial charge in [0, 0.05) is 6.20 Å². The zero-order chi connectivity index (χ0) is 26.3. The van der Waals surface area contributed by atoms with Crippen LogP contribution in [0.4, 0.5) is 18.9 Å². The minimum atomic E-state index is -4.48. The summed E-state index contributed by atoms with van der Waals surface area (Å²) in [7, 11) is 0. The molecule has 2 N–H and O–H groups in total. The van der Waals surface area contributed by atoms with Crippen LogP contribution in [0.25, 0.3) is 11.4 Å². The molecular formula is C26H28F3N5O2. The van der Waals surface area contributed by atoms with E-state index >= 15 is 0 Å². The van der Waals surface area contributed by atoms with Gasteiger partial charge in [0.25, 0.3) is 5.91 Å². The van der Waals surface area contributed by atoms with Gasteiger partial charge in [-0.2, -0.15) is 18.3 Å². The van der Waals surface area contributed by atoms with Crippen molar-refractivity contribution < 1.29 is 23.1 Å². The number of pyridine rings is 2. The van der Waals surface area contributed by atoms with E-state index in [1.165, 1.54) is 16.9 Å². The summed E-state index contributed by atoms with van der Waals surface area (Å²) in [5, 5.41) is 17.2. The van der Waals surface area contributed by atoms with Crippen molar-refractivity contribution in [1.82, 2.24) is 19.7 Å². The van der Waals surface area contributed by atoms with Crippen molar-refractivity contribution in [2.24, 2.45) is 5.92 Å². The third-order valence-electron chi connectivity index (χ3n) is 6.60. The molecule has 1 aliphatic rings. The minimum Gasteiger partial charge on any atom is -0.390 e. The number of nitrogens with zero attached hydrogens (tertiary/aromatic N) is 4. The molecule has 3 aromatic heterocycles. The van der Waals surface area contributed by atoms with Gasteiger partial charge in [0.15, 0.2) is 5.82 Å². The number of aryl methyl sites for hydroxylation is 1. The van der Waals surface area contributed by atoms with Crippen molar-refractivity contribution in [2.45, 2.75) is 58.7 Å². The number of alkyl halides is 3. The highest BCUT2D eigenvalue weighted by Crippen LogP contribution is 2.36. The SMILES string of the molecule is Cc1cc(NC(=O)c2cnn(-c3ccc(C(F)(F)F)cn3)c2C)cnc1C1=CCC(C(C)(C)O)CC1. The third kappa shape index (κ3) is 5.33. The quantitative estimate of drug-likeness (QED) is 0.483. The fourth-order valence-electron chi connectivity index (χ4n) is 4.41. The number of allylic oxidation sites excluding steroid dienone is 2. The van der Waals surface area contributed by atoms with Gasteiger partial charge in [-0.05, 0) is 82.2 Å². The molecule has 0 radical (unpaired) electrons. The zero-order valence-electron chi connectivity index (χ0n) is 20.5. The van der Waals surface area contributed by atoms with Crippen LogP contribution < -0.4 is 5.32 Å². The van der Waals surface area contributed by atoms with Crippen molar-refractivity contribution in [3.8, 4) is 5.82 Å². The Hall–Kier alpha value is -3.53. The Morgan fingerprint density at radius 1 is 1.14 bits per heavy atom. The maximum absolute atomic E-state index is 12.9. The standard InChI is InChI=1S/C26H28F3N5O2/c1-15-11-20(13-31-23(15)17-5-7-18(8-6-17)25(3,4)36)33-24(35)21-14-32-34(16(21)2)22-10-9-19(12-30-22)26(27,28)29/h5,9-14,18,36H,6-8H2,1-4H3,(H,33,35). The van der Waals surface area contributed by atoms with E-state index in [2.05, 4.69) is 26.5 Å². The number of rotatable bonds is 5. The highest BCUT2D eigenvalue weighted by Gasteiger charge is 2.31. The summed E-state index contributed by atoms with van der Waals surface area (Å²) in [5.41, 5.74) is 2.58. The van der Waals surface area contributed by atoms with Gasteiger partial charge < -0.3 is 10.4 Å². The number of halogens is 3. The first-order valence-corrected chi connectivity index (χ1v) is 11.6. The van der Waals surface area contributed by atoms with Crippen LogP contribution in [0.15, 0.2) is 42.9 Å². The van der Waals surface area contributed by atoms with Gasteiger partial charge in [0.1, 0.15) is 0 Å². The summed E-state index contributed by atoms with van der Waals surface area (Å²) in [6, 6.07) is 3.98. The van der Waals surface area contributed by atoms with Crippen LogP contribution in [-0.2, 0) is 6.18 Å². The van der Waals surface area contributed by atoms with E-state index in [1.807, 2.05) is 26.8 Å². The highest BCUT2D eigenvalue weighted by atomic mass is 19.4. The minimum absolute atomic E-state index is 0.175. The number of aromatic nitrogens is 4. The molecule has 3 heterocycles. The molecule has 1 aliphatic carbocycles. The van der Waals surface area contributed by atoms with Gasteiger partial charge in [-0.15, -0.1) is 0 Å². The Balaban J connectivity index is 1.47. The number of hydrogen-bond acceptors (Lipinski definition) is 5. The lowest BCUT2D eigenvalue weighted by atomic mass is 9.78. The first-order chi connectivity index (χ1) is 16.8. The summed E-state index contributed by atoms with van der Waals surface area (Å²) >= 11 is 0. The molecule has 0 saturated carbocycles. The second kappa shape index (κ2) is 9.50. The Morgan fingerprint density at radius 3 is 2.44 bits per heavy atom. The topological polar surface area (TPSA) is 92.9 Å². The number of amides is 1. The molecule has 0 aromatic carbocycles. The van der Waals surface area contributed by atoms with E-state index in [-0.39, 0.29) is 17.3 Å². The number of carbonyl (C=O) groups is 1. The second-order valence-corrected chi connectivity index (χ2v) is 9.66. The molecule has 7 nitrogen and oxygen atoms in total. The normalized spacial score (nSPS) is 16.6. The van der Waals surface area contributed by atoms with Crippen LogP contribution in [0.2, 0.25) is 0 Å². The molecule has 1 amide bonds. The maximum atomic E-state index is 12.9. The summed E-state index contributed by atoms with van der Waals surface area (Å²) in [6.07, 6.45) is 3.83. The number of carbonyl (C=O) groups excluding carboxylic acids is 1. The fraction of sp³-hybridized carbons (Fsp3) is 0.385. The van der Waals surface area contributed by atoms with Crippen molar-refractivity contribution in [3.05, 3.63) is 70.9 Å². The monoisotopic (exact) mass is 499 g/mol. The van der Waals surface area contributed by atoms with E-state index in [0.29, 0.717) is 11.4 Å². The lowest BCUT2D eigenvalue weighted by Gasteiger charge is -2.32. The van der Waals surface area contributed by atoms with Crippen LogP contribution in [0.5, 0.6) is 0 Å². The first kappa shape index (κ1) is 25.6. The van der Waals surface area contributed by atoms with Crippen molar-refractivity contribution in [3.63, 3.8) is 0 Å².